The summed E-state index contributed by atoms with van der Waals surface area (Å²) in [5.41, 5.74) is 1.74. The van der Waals surface area contributed by atoms with Crippen LogP contribution in [0.5, 0.6) is 0 Å². The maximum Gasteiger partial charge on any atom is 0.303 e. The smallest absolute Gasteiger partial charge is 0.303 e. The van der Waals surface area contributed by atoms with Gasteiger partial charge in [0.1, 0.15) is 0 Å². The van der Waals surface area contributed by atoms with E-state index < -0.39 is 5.97 Å². The van der Waals surface area contributed by atoms with Gasteiger partial charge in [-0.05, 0) is 38.0 Å². The number of rotatable bonds is 8. The quantitative estimate of drug-likeness (QED) is 0.476. The normalized spacial score (nSPS) is 19.8. The van der Waals surface area contributed by atoms with Crippen molar-refractivity contribution in [1.29, 1.82) is 0 Å². The van der Waals surface area contributed by atoms with E-state index in [9.17, 15) is 4.79 Å². The van der Waals surface area contributed by atoms with E-state index in [1.807, 2.05) is 0 Å². The largest absolute Gasteiger partial charge is 0.481 e. The zero-order chi connectivity index (χ0) is 13.9. The summed E-state index contributed by atoms with van der Waals surface area (Å²) in [6.45, 7) is 2.20. The van der Waals surface area contributed by atoms with Gasteiger partial charge in [-0.15, -0.1) is 0 Å². The third-order valence-corrected chi connectivity index (χ3v) is 4.16. The minimum Gasteiger partial charge on any atom is -0.481 e. The summed E-state index contributed by atoms with van der Waals surface area (Å²) < 4.78 is 0. The maximum absolute atomic E-state index is 10.1. The lowest BCUT2D eigenvalue weighted by molar-refractivity contribution is -0.137. The molecular weight excluding hydrogens is 236 g/mol. The number of aliphatic carboxylic acids is 1. The lowest BCUT2D eigenvalue weighted by Crippen LogP contribution is -1.93. The molecule has 110 valence electrons. The predicted octanol–water partition coefficient (Wildman–Crippen LogP) is 5.33. The number of hydrogen-bond acceptors (Lipinski definition) is 1. The Kier molecular flexibility index (Phi) is 8.61. The van der Waals surface area contributed by atoms with Crippen molar-refractivity contribution in [1.82, 2.24) is 0 Å². The summed E-state index contributed by atoms with van der Waals surface area (Å²) >= 11 is 0. The number of allylic oxidation sites excluding steroid dienone is 2. The first-order valence-corrected chi connectivity index (χ1v) is 8.12. The van der Waals surface area contributed by atoms with E-state index in [1.54, 1.807) is 5.57 Å². The molecule has 0 aromatic rings. The Morgan fingerprint density at radius 1 is 1.21 bits per heavy atom. The molecule has 0 radical (unpaired) electrons. The van der Waals surface area contributed by atoms with Crippen LogP contribution in [0, 0.1) is 5.92 Å². The molecule has 1 unspecified atom stereocenters. The lowest BCUT2D eigenvalue weighted by atomic mass is 10.1. The first-order chi connectivity index (χ1) is 9.22. The highest BCUT2D eigenvalue weighted by molar-refractivity contribution is 5.66. The van der Waals surface area contributed by atoms with Gasteiger partial charge in [0.15, 0.2) is 0 Å². The van der Waals surface area contributed by atoms with Crippen molar-refractivity contribution in [3.63, 3.8) is 0 Å². The Hall–Kier alpha value is -0.790. The minimum atomic E-state index is -0.663. The summed E-state index contributed by atoms with van der Waals surface area (Å²) in [5, 5.41) is 8.35. The van der Waals surface area contributed by atoms with Crippen molar-refractivity contribution in [2.45, 2.75) is 84.0 Å². The van der Waals surface area contributed by atoms with Gasteiger partial charge in [-0.2, -0.15) is 0 Å². The molecule has 0 aromatic heterocycles. The molecule has 0 spiro atoms. The van der Waals surface area contributed by atoms with Crippen LogP contribution in [0.2, 0.25) is 0 Å². The van der Waals surface area contributed by atoms with Crippen molar-refractivity contribution < 1.29 is 9.90 Å². The van der Waals surface area contributed by atoms with Crippen LogP contribution in [0.4, 0.5) is 0 Å². The van der Waals surface area contributed by atoms with E-state index in [1.165, 1.54) is 57.8 Å². The van der Waals surface area contributed by atoms with Crippen LogP contribution in [0.3, 0.4) is 0 Å². The fraction of sp³-hybridized carbons (Fsp3) is 0.824. The lowest BCUT2D eigenvalue weighted by Gasteiger charge is -1.98. The molecule has 1 atom stereocenters. The topological polar surface area (TPSA) is 37.3 Å². The highest BCUT2D eigenvalue weighted by atomic mass is 16.4. The third kappa shape index (κ3) is 8.07. The van der Waals surface area contributed by atoms with Crippen LogP contribution >= 0.6 is 0 Å². The Morgan fingerprint density at radius 3 is 2.26 bits per heavy atom. The molecule has 0 saturated heterocycles. The zero-order valence-electron chi connectivity index (χ0n) is 12.5. The number of unbranched alkanes of at least 4 members (excludes halogenated alkanes) is 6. The van der Waals surface area contributed by atoms with Gasteiger partial charge in [0.2, 0.25) is 0 Å². The predicted molar refractivity (Wildman–Crippen MR) is 80.3 cm³/mol. The molecule has 2 aliphatic rings. The number of hydrogen-bond donors (Lipinski definition) is 1. The van der Waals surface area contributed by atoms with Crippen LogP contribution in [0.25, 0.3) is 0 Å². The Balaban J connectivity index is 0.000000213. The number of carbonyl (C=O) groups is 1. The van der Waals surface area contributed by atoms with Gasteiger partial charge >= 0.3 is 5.97 Å². The molecule has 2 rings (SSSR count). The molecule has 0 aromatic carbocycles. The molecule has 0 aliphatic heterocycles. The van der Waals surface area contributed by atoms with E-state index in [0.29, 0.717) is 6.42 Å². The van der Waals surface area contributed by atoms with Gasteiger partial charge in [0.25, 0.3) is 0 Å². The molecule has 2 aliphatic carbocycles. The van der Waals surface area contributed by atoms with Crippen molar-refractivity contribution in [2.75, 3.05) is 0 Å². The van der Waals surface area contributed by atoms with Crippen LogP contribution in [0.1, 0.15) is 84.0 Å². The minimum absolute atomic E-state index is 0.341. The van der Waals surface area contributed by atoms with Crippen molar-refractivity contribution in [3.8, 4) is 0 Å². The Bertz CT molecular complexity index is 281. The molecule has 2 bridgehead atoms. The van der Waals surface area contributed by atoms with Crippen LogP contribution in [0.15, 0.2) is 11.6 Å². The average Bonchev–Trinajstić information content (AvgIpc) is 3.03. The van der Waals surface area contributed by atoms with Crippen LogP contribution in [-0.4, -0.2) is 11.1 Å². The summed E-state index contributed by atoms with van der Waals surface area (Å²) in [5.74, 6) is 0.415. The molecule has 0 amide bonds. The highest BCUT2D eigenvalue weighted by Crippen LogP contribution is 2.38. The van der Waals surface area contributed by atoms with Crippen molar-refractivity contribution >= 4 is 5.97 Å². The second kappa shape index (κ2) is 10.1. The Morgan fingerprint density at radius 2 is 1.89 bits per heavy atom. The molecule has 19 heavy (non-hydrogen) atoms. The first-order valence-electron chi connectivity index (χ1n) is 8.12. The third-order valence-electron chi connectivity index (χ3n) is 4.16. The maximum atomic E-state index is 10.1. The molecular formula is C17H30O2. The Labute approximate surface area is 118 Å². The van der Waals surface area contributed by atoms with Crippen LogP contribution in [-0.2, 0) is 4.79 Å². The summed E-state index contributed by atoms with van der Waals surface area (Å²) in [7, 11) is 0. The molecule has 0 heterocycles. The van der Waals surface area contributed by atoms with Gasteiger partial charge in [-0.1, -0.05) is 57.1 Å². The standard InChI is InChI=1S/C10H20O2.C7H10/c1-2-3-4-5-6-7-8-9-10(11)12;1-2-7-4-3-6(1)5-7/h2-9H2,1H3,(H,11,12);1,7H,2-5H2. The van der Waals surface area contributed by atoms with E-state index in [4.69, 9.17) is 5.11 Å². The monoisotopic (exact) mass is 266 g/mol. The fourth-order valence-corrected chi connectivity index (χ4v) is 2.92. The number of carboxylic acids is 1. The summed E-state index contributed by atoms with van der Waals surface area (Å²) in [4.78, 5) is 10.1. The SMILES string of the molecule is C1=C2CCC(C1)C2.CCCCCCCCCC(=O)O. The number of carboxylic acid groups (broad SMARTS) is 1. The summed E-state index contributed by atoms with van der Waals surface area (Å²) in [6.07, 6.45) is 16.8. The van der Waals surface area contributed by atoms with E-state index >= 15 is 0 Å². The second-order valence-corrected chi connectivity index (χ2v) is 5.97. The molecule has 2 heteroatoms. The molecule has 1 fully saturated rings. The van der Waals surface area contributed by atoms with E-state index in [0.717, 1.165) is 18.8 Å². The average molecular weight is 266 g/mol. The van der Waals surface area contributed by atoms with E-state index in [2.05, 4.69) is 13.0 Å². The molecule has 2 nitrogen and oxygen atoms in total. The van der Waals surface area contributed by atoms with E-state index in [-0.39, 0.29) is 0 Å². The first kappa shape index (κ1) is 16.3. The van der Waals surface area contributed by atoms with Crippen molar-refractivity contribution in [3.05, 3.63) is 11.6 Å². The van der Waals surface area contributed by atoms with Gasteiger partial charge < -0.3 is 5.11 Å². The highest BCUT2D eigenvalue weighted by Gasteiger charge is 2.22. The molecule has 1 N–H and O–H groups in total. The van der Waals surface area contributed by atoms with Gasteiger partial charge in [0, 0.05) is 6.42 Å². The second-order valence-electron chi connectivity index (χ2n) is 5.97. The van der Waals surface area contributed by atoms with Gasteiger partial charge in [0.05, 0.1) is 0 Å². The van der Waals surface area contributed by atoms with Crippen molar-refractivity contribution in [2.24, 2.45) is 5.92 Å². The van der Waals surface area contributed by atoms with Gasteiger partial charge in [-0.3, -0.25) is 4.79 Å². The number of fused-ring (bicyclic) bond motifs is 2. The fourth-order valence-electron chi connectivity index (χ4n) is 2.92. The van der Waals surface area contributed by atoms with Crippen LogP contribution < -0.4 is 0 Å². The molecule has 1 saturated carbocycles. The summed E-state index contributed by atoms with van der Waals surface area (Å²) in [6, 6.07) is 0. The zero-order valence-corrected chi connectivity index (χ0v) is 12.5. The van der Waals surface area contributed by atoms with Gasteiger partial charge in [-0.25, -0.2) is 0 Å².